The van der Waals surface area contributed by atoms with E-state index >= 15 is 0 Å². The van der Waals surface area contributed by atoms with Crippen molar-refractivity contribution in [3.8, 4) is 0 Å². The van der Waals surface area contributed by atoms with Gasteiger partial charge >= 0.3 is 15.2 Å². The molecule has 0 aliphatic heterocycles. The molecule has 0 spiro atoms. The van der Waals surface area contributed by atoms with E-state index in [-0.39, 0.29) is 32.3 Å². The molecule has 0 aliphatic rings. The number of rotatable bonds is 11. The first-order chi connectivity index (χ1) is 10.5. The third-order valence-corrected chi connectivity index (χ3v) is 7.84. The highest BCUT2D eigenvalue weighted by molar-refractivity contribution is 7.71. The van der Waals surface area contributed by atoms with E-state index in [1.807, 2.05) is 30.3 Å². The number of hydrogen-bond acceptors (Lipinski definition) is 6. The lowest BCUT2D eigenvalue weighted by Crippen LogP contribution is -2.06. The molecule has 0 saturated heterocycles. The molecule has 1 rings (SSSR count). The van der Waals surface area contributed by atoms with Crippen molar-refractivity contribution in [3.05, 3.63) is 35.9 Å². The minimum Gasteiger partial charge on any atom is -0.308 e. The SMILES string of the molecule is CCOP(=O)(CP(=O)(OCC)OCc1ccccc1)OCC. The summed E-state index contributed by atoms with van der Waals surface area (Å²) < 4.78 is 46.3. The van der Waals surface area contributed by atoms with Gasteiger partial charge in [0.2, 0.25) is 0 Å². The van der Waals surface area contributed by atoms with E-state index in [1.165, 1.54) is 0 Å². The first-order valence-electron chi connectivity index (χ1n) is 7.27. The minimum absolute atomic E-state index is 0.108. The van der Waals surface area contributed by atoms with Crippen LogP contribution in [0.25, 0.3) is 0 Å². The van der Waals surface area contributed by atoms with Gasteiger partial charge in [-0.15, -0.1) is 0 Å². The van der Waals surface area contributed by atoms with Crippen molar-refractivity contribution in [2.24, 2.45) is 0 Å². The Bertz CT molecular complexity index is 509. The van der Waals surface area contributed by atoms with Crippen molar-refractivity contribution in [3.63, 3.8) is 0 Å². The summed E-state index contributed by atoms with van der Waals surface area (Å²) in [5.41, 5.74) is 0.852. The van der Waals surface area contributed by atoms with Gasteiger partial charge in [-0.05, 0) is 26.3 Å². The van der Waals surface area contributed by atoms with Crippen LogP contribution in [0.15, 0.2) is 30.3 Å². The van der Waals surface area contributed by atoms with Crippen LogP contribution in [0.1, 0.15) is 26.3 Å². The Kier molecular flexibility index (Phi) is 8.55. The van der Waals surface area contributed by atoms with Crippen LogP contribution in [-0.4, -0.2) is 25.7 Å². The highest BCUT2D eigenvalue weighted by Crippen LogP contribution is 2.64. The summed E-state index contributed by atoms with van der Waals surface area (Å²) in [6.45, 7) is 5.78. The number of hydrogen-bond donors (Lipinski definition) is 0. The molecule has 0 aliphatic carbocycles. The Morgan fingerprint density at radius 2 is 1.23 bits per heavy atom. The van der Waals surface area contributed by atoms with Gasteiger partial charge in [-0.3, -0.25) is 9.13 Å². The van der Waals surface area contributed by atoms with Crippen molar-refractivity contribution in [2.45, 2.75) is 27.4 Å². The molecule has 1 atom stereocenters. The summed E-state index contributed by atoms with van der Waals surface area (Å²) in [5, 5.41) is 0. The molecule has 126 valence electrons. The third kappa shape index (κ3) is 6.74. The molecule has 0 amide bonds. The lowest BCUT2D eigenvalue weighted by molar-refractivity contribution is 0.197. The summed E-state index contributed by atoms with van der Waals surface area (Å²) >= 11 is 0. The summed E-state index contributed by atoms with van der Waals surface area (Å²) in [7, 11) is -7.08. The summed E-state index contributed by atoms with van der Waals surface area (Å²) in [6.07, 6.45) is 0. The predicted octanol–water partition coefficient (Wildman–Crippen LogP) is 4.66. The molecule has 6 nitrogen and oxygen atoms in total. The fourth-order valence-electron chi connectivity index (χ4n) is 1.79. The molecule has 1 aromatic rings. The van der Waals surface area contributed by atoms with E-state index in [4.69, 9.17) is 18.1 Å². The van der Waals surface area contributed by atoms with Crippen LogP contribution in [0.4, 0.5) is 0 Å². The smallest absolute Gasteiger partial charge is 0.308 e. The fourth-order valence-corrected chi connectivity index (χ4v) is 6.47. The van der Waals surface area contributed by atoms with Crippen LogP contribution in [0.3, 0.4) is 0 Å². The Morgan fingerprint density at radius 3 is 1.68 bits per heavy atom. The molecule has 0 saturated carbocycles. The van der Waals surface area contributed by atoms with Crippen molar-refractivity contribution in [1.29, 1.82) is 0 Å². The van der Waals surface area contributed by atoms with Gasteiger partial charge in [0.15, 0.2) is 5.90 Å². The molecule has 0 aromatic heterocycles. The molecule has 1 aromatic carbocycles. The molecule has 0 fully saturated rings. The normalized spacial score (nSPS) is 14.7. The van der Waals surface area contributed by atoms with E-state index < -0.39 is 15.2 Å². The highest BCUT2D eigenvalue weighted by atomic mass is 31.2. The average molecular weight is 350 g/mol. The molecular formula is C14H24O6P2. The lowest BCUT2D eigenvalue weighted by Gasteiger charge is -2.23. The molecule has 8 heteroatoms. The lowest BCUT2D eigenvalue weighted by atomic mass is 10.2. The van der Waals surface area contributed by atoms with Crippen molar-refractivity contribution in [2.75, 3.05) is 25.7 Å². The molecule has 0 N–H and O–H groups in total. The molecule has 22 heavy (non-hydrogen) atoms. The quantitative estimate of drug-likeness (QED) is 0.541. The average Bonchev–Trinajstić information content (AvgIpc) is 2.47. The van der Waals surface area contributed by atoms with E-state index in [0.717, 1.165) is 5.56 Å². The summed E-state index contributed by atoms with van der Waals surface area (Å²) in [5.74, 6) is -0.387. The van der Waals surface area contributed by atoms with Crippen molar-refractivity contribution < 1.29 is 27.2 Å². The second-order valence-electron chi connectivity index (χ2n) is 4.38. The standard InChI is InChI=1S/C14H24O6P2/c1-4-17-21(15,18-5-2)13-22(16,19-6-3)20-12-14-10-8-7-9-11-14/h7-11H,4-6,12-13H2,1-3H3. The van der Waals surface area contributed by atoms with Crippen LogP contribution < -0.4 is 0 Å². The maximum absolute atomic E-state index is 12.8. The molecule has 0 bridgehead atoms. The zero-order valence-corrected chi connectivity index (χ0v) is 15.1. The first-order valence-corrected chi connectivity index (χ1v) is 10.7. The first kappa shape index (κ1) is 19.6. The van der Waals surface area contributed by atoms with E-state index in [1.54, 1.807) is 20.8 Å². The Hall–Kier alpha value is -0.480. The van der Waals surface area contributed by atoms with Gasteiger partial charge in [0, 0.05) is 0 Å². The van der Waals surface area contributed by atoms with Gasteiger partial charge in [0.25, 0.3) is 0 Å². The molecular weight excluding hydrogens is 326 g/mol. The maximum Gasteiger partial charge on any atom is 0.343 e. The van der Waals surface area contributed by atoms with Crippen LogP contribution in [0.5, 0.6) is 0 Å². The predicted molar refractivity (Wildman–Crippen MR) is 86.2 cm³/mol. The Labute approximate surface area is 132 Å². The maximum atomic E-state index is 12.8. The second kappa shape index (κ2) is 9.61. The van der Waals surface area contributed by atoms with Gasteiger partial charge in [0.05, 0.1) is 26.4 Å². The zero-order chi connectivity index (χ0) is 16.5. The Balaban J connectivity index is 2.80. The molecule has 0 heterocycles. The van der Waals surface area contributed by atoms with E-state index in [2.05, 4.69) is 0 Å². The van der Waals surface area contributed by atoms with Crippen LogP contribution >= 0.6 is 15.2 Å². The molecule has 0 radical (unpaired) electrons. The van der Waals surface area contributed by atoms with Crippen LogP contribution in [0, 0.1) is 0 Å². The van der Waals surface area contributed by atoms with Gasteiger partial charge in [-0.2, -0.15) is 0 Å². The van der Waals surface area contributed by atoms with Gasteiger partial charge < -0.3 is 18.1 Å². The van der Waals surface area contributed by atoms with Crippen molar-refractivity contribution in [1.82, 2.24) is 0 Å². The van der Waals surface area contributed by atoms with Gasteiger partial charge in [0.1, 0.15) is 0 Å². The van der Waals surface area contributed by atoms with E-state index in [0.29, 0.717) is 0 Å². The van der Waals surface area contributed by atoms with Gasteiger partial charge in [-0.25, -0.2) is 0 Å². The molecule has 1 unspecified atom stereocenters. The largest absolute Gasteiger partial charge is 0.343 e. The summed E-state index contributed by atoms with van der Waals surface area (Å²) in [4.78, 5) is 0. The zero-order valence-electron chi connectivity index (χ0n) is 13.3. The fraction of sp³-hybridized carbons (Fsp3) is 0.571. The third-order valence-electron chi connectivity index (χ3n) is 2.59. The van der Waals surface area contributed by atoms with Gasteiger partial charge in [-0.1, -0.05) is 30.3 Å². The Morgan fingerprint density at radius 1 is 0.773 bits per heavy atom. The summed E-state index contributed by atoms with van der Waals surface area (Å²) in [6, 6.07) is 9.29. The highest BCUT2D eigenvalue weighted by Gasteiger charge is 2.38. The second-order valence-corrected chi connectivity index (χ2v) is 8.98. The minimum atomic E-state index is -3.58. The van der Waals surface area contributed by atoms with E-state index in [9.17, 15) is 9.13 Å². The number of benzene rings is 1. The van der Waals surface area contributed by atoms with Crippen LogP contribution in [0.2, 0.25) is 0 Å². The topological polar surface area (TPSA) is 71.1 Å². The van der Waals surface area contributed by atoms with Crippen molar-refractivity contribution >= 4 is 15.2 Å². The monoisotopic (exact) mass is 350 g/mol. The van der Waals surface area contributed by atoms with Crippen LogP contribution in [-0.2, 0) is 33.8 Å².